The van der Waals surface area contributed by atoms with E-state index in [1.54, 1.807) is 24.4 Å². The van der Waals surface area contributed by atoms with Crippen LogP contribution >= 0.6 is 0 Å². The quantitative estimate of drug-likeness (QED) is 0.632. The third-order valence-corrected chi connectivity index (χ3v) is 3.77. The van der Waals surface area contributed by atoms with Crippen molar-refractivity contribution in [1.29, 1.82) is 0 Å². The third-order valence-electron chi connectivity index (χ3n) is 3.77. The second-order valence-electron chi connectivity index (χ2n) is 5.88. The largest absolute Gasteiger partial charge is 0.481 e. The van der Waals surface area contributed by atoms with Gasteiger partial charge in [-0.25, -0.2) is 0 Å². The number of carboxylic acids is 1. The van der Waals surface area contributed by atoms with Crippen LogP contribution in [0, 0.1) is 0 Å². The molecule has 0 bridgehead atoms. The molecule has 1 atom stereocenters. The van der Waals surface area contributed by atoms with Gasteiger partial charge in [-0.15, -0.1) is 0 Å². The second kappa shape index (κ2) is 8.32. The normalized spacial score (nSPS) is 15.8. The van der Waals surface area contributed by atoms with Crippen LogP contribution in [-0.4, -0.2) is 45.0 Å². The molecule has 27 heavy (non-hydrogen) atoms. The lowest BCUT2D eigenvalue weighted by molar-refractivity contribution is -0.134. The Hall–Kier alpha value is -3.40. The van der Waals surface area contributed by atoms with Gasteiger partial charge in [0.2, 0.25) is 5.76 Å². The van der Waals surface area contributed by atoms with Gasteiger partial charge in [-0.05, 0) is 25.1 Å². The van der Waals surface area contributed by atoms with Crippen LogP contribution in [0.1, 0.15) is 29.9 Å². The molecule has 1 aliphatic rings. The van der Waals surface area contributed by atoms with Crippen molar-refractivity contribution in [2.75, 3.05) is 18.4 Å². The molecule has 1 amide bonds. The summed E-state index contributed by atoms with van der Waals surface area (Å²) in [7, 11) is 0. The summed E-state index contributed by atoms with van der Waals surface area (Å²) in [6, 6.07) is 5.35. The first-order valence-electron chi connectivity index (χ1n) is 8.29. The summed E-state index contributed by atoms with van der Waals surface area (Å²) in [6.45, 7) is 2.96. The van der Waals surface area contributed by atoms with Gasteiger partial charge in [0.05, 0.1) is 24.2 Å². The van der Waals surface area contributed by atoms with Gasteiger partial charge in [0.1, 0.15) is 0 Å². The molecular formula is C17H19N5O5. The highest BCUT2D eigenvalue weighted by Gasteiger charge is 2.19. The van der Waals surface area contributed by atoms with Crippen LogP contribution in [0.4, 0.5) is 5.69 Å². The van der Waals surface area contributed by atoms with Crippen molar-refractivity contribution in [2.45, 2.75) is 19.4 Å². The first kappa shape index (κ1) is 18.4. The van der Waals surface area contributed by atoms with E-state index in [0.717, 1.165) is 26.4 Å². The summed E-state index contributed by atoms with van der Waals surface area (Å²) in [5, 5.41) is 21.5. The Morgan fingerprint density at radius 1 is 1.41 bits per heavy atom. The highest BCUT2D eigenvalue weighted by atomic mass is 16.5. The van der Waals surface area contributed by atoms with Gasteiger partial charge in [0, 0.05) is 25.7 Å². The first-order valence-corrected chi connectivity index (χ1v) is 8.29. The highest BCUT2D eigenvalue weighted by Crippen LogP contribution is 2.21. The summed E-state index contributed by atoms with van der Waals surface area (Å²) in [4.78, 5) is 21.2. The Labute approximate surface area is 154 Å². The molecule has 0 spiro atoms. The van der Waals surface area contributed by atoms with Crippen LogP contribution < -0.4 is 10.6 Å². The number of rotatable bonds is 4. The maximum atomic E-state index is 12.2. The zero-order chi connectivity index (χ0) is 19.2. The minimum absolute atomic E-state index is 0.187. The van der Waals surface area contributed by atoms with Gasteiger partial charge in [-0.2, -0.15) is 5.10 Å². The van der Waals surface area contributed by atoms with Crippen molar-refractivity contribution in [1.82, 2.24) is 20.3 Å². The van der Waals surface area contributed by atoms with E-state index in [9.17, 15) is 4.79 Å². The minimum atomic E-state index is -0.833. The monoisotopic (exact) mass is 373 g/mol. The number of amides is 1. The van der Waals surface area contributed by atoms with Crippen molar-refractivity contribution in [2.24, 2.45) is 0 Å². The number of carboxylic acid groups (broad SMARTS) is 1. The first-order chi connectivity index (χ1) is 13.0. The molecule has 4 heterocycles. The lowest BCUT2D eigenvalue weighted by atomic mass is 10.3. The fourth-order valence-corrected chi connectivity index (χ4v) is 2.58. The number of carbonyl (C=O) groups excluding carboxylic acids is 1. The van der Waals surface area contributed by atoms with E-state index in [4.69, 9.17) is 18.8 Å². The molecule has 10 heteroatoms. The Morgan fingerprint density at radius 2 is 2.22 bits per heavy atom. The SMILES string of the molecule is CC(=O)O.O=C(Nc1cnn(C2CCNC2)c1)c1cc(-c2ccco2)on1. The number of nitrogens with zero attached hydrogens (tertiary/aromatic N) is 3. The number of aromatic nitrogens is 3. The predicted molar refractivity (Wildman–Crippen MR) is 94.2 cm³/mol. The van der Waals surface area contributed by atoms with Crippen molar-refractivity contribution >= 4 is 17.6 Å². The van der Waals surface area contributed by atoms with Crippen molar-refractivity contribution in [3.63, 3.8) is 0 Å². The smallest absolute Gasteiger partial charge is 0.300 e. The van der Waals surface area contributed by atoms with E-state index < -0.39 is 5.97 Å². The van der Waals surface area contributed by atoms with Crippen molar-refractivity contribution in [3.8, 4) is 11.5 Å². The number of carbonyl (C=O) groups is 2. The molecule has 1 fully saturated rings. The summed E-state index contributed by atoms with van der Waals surface area (Å²) >= 11 is 0. The average molecular weight is 373 g/mol. The summed E-state index contributed by atoms with van der Waals surface area (Å²) < 4.78 is 12.2. The van der Waals surface area contributed by atoms with E-state index in [1.807, 2.05) is 10.9 Å². The fourth-order valence-electron chi connectivity index (χ4n) is 2.58. The van der Waals surface area contributed by atoms with E-state index >= 15 is 0 Å². The molecule has 10 nitrogen and oxygen atoms in total. The molecule has 3 N–H and O–H groups in total. The third kappa shape index (κ3) is 4.82. The van der Waals surface area contributed by atoms with E-state index in [-0.39, 0.29) is 11.6 Å². The van der Waals surface area contributed by atoms with E-state index in [1.165, 1.54) is 6.26 Å². The zero-order valence-electron chi connectivity index (χ0n) is 14.6. The number of nitrogens with one attached hydrogen (secondary N) is 2. The summed E-state index contributed by atoms with van der Waals surface area (Å²) in [5.41, 5.74) is 0.816. The molecular weight excluding hydrogens is 354 g/mol. The van der Waals surface area contributed by atoms with Crippen LogP contribution in [0.15, 0.2) is 45.8 Å². The van der Waals surface area contributed by atoms with Crippen LogP contribution in [-0.2, 0) is 4.79 Å². The van der Waals surface area contributed by atoms with Crippen LogP contribution in [0.2, 0.25) is 0 Å². The predicted octanol–water partition coefficient (Wildman–Crippen LogP) is 2.01. The lowest BCUT2D eigenvalue weighted by Gasteiger charge is -2.07. The number of hydrogen-bond acceptors (Lipinski definition) is 7. The average Bonchev–Trinajstić information content (AvgIpc) is 3.40. The zero-order valence-corrected chi connectivity index (χ0v) is 14.6. The van der Waals surface area contributed by atoms with Crippen LogP contribution in [0.25, 0.3) is 11.5 Å². The molecule has 3 aromatic heterocycles. The number of furan rings is 1. The number of aliphatic carboxylic acids is 1. The fraction of sp³-hybridized carbons (Fsp3) is 0.294. The van der Waals surface area contributed by atoms with Crippen LogP contribution in [0.3, 0.4) is 0 Å². The maximum Gasteiger partial charge on any atom is 0.300 e. The molecule has 0 saturated carbocycles. The molecule has 0 radical (unpaired) electrons. The molecule has 1 saturated heterocycles. The maximum absolute atomic E-state index is 12.2. The van der Waals surface area contributed by atoms with E-state index in [2.05, 4.69) is 20.9 Å². The Morgan fingerprint density at radius 3 is 2.89 bits per heavy atom. The summed E-state index contributed by atoms with van der Waals surface area (Å²) in [5.74, 6) is -0.248. The molecule has 1 aliphatic heterocycles. The Balaban J connectivity index is 0.000000481. The lowest BCUT2D eigenvalue weighted by Crippen LogP contribution is -2.14. The highest BCUT2D eigenvalue weighted by molar-refractivity contribution is 6.03. The molecule has 142 valence electrons. The van der Waals surface area contributed by atoms with Gasteiger partial charge < -0.3 is 24.7 Å². The second-order valence-corrected chi connectivity index (χ2v) is 5.88. The minimum Gasteiger partial charge on any atom is -0.481 e. The molecule has 1 unspecified atom stereocenters. The molecule has 0 aromatic carbocycles. The molecule has 3 aromatic rings. The van der Waals surface area contributed by atoms with Crippen LogP contribution in [0.5, 0.6) is 0 Å². The van der Waals surface area contributed by atoms with Crippen molar-refractivity contribution in [3.05, 3.63) is 42.5 Å². The van der Waals surface area contributed by atoms with Gasteiger partial charge >= 0.3 is 0 Å². The van der Waals surface area contributed by atoms with Crippen molar-refractivity contribution < 1.29 is 23.6 Å². The molecule has 4 rings (SSSR count). The van der Waals surface area contributed by atoms with Gasteiger partial charge in [0.15, 0.2) is 11.5 Å². The van der Waals surface area contributed by atoms with Gasteiger partial charge in [-0.1, -0.05) is 5.16 Å². The van der Waals surface area contributed by atoms with E-state index in [0.29, 0.717) is 23.2 Å². The van der Waals surface area contributed by atoms with Gasteiger partial charge in [-0.3, -0.25) is 14.3 Å². The number of hydrogen-bond donors (Lipinski definition) is 3. The topological polar surface area (TPSA) is 135 Å². The number of anilines is 1. The Kier molecular flexibility index (Phi) is 5.67. The summed E-state index contributed by atoms with van der Waals surface area (Å²) in [6.07, 6.45) is 6.02. The Bertz CT molecular complexity index is 889. The van der Waals surface area contributed by atoms with Gasteiger partial charge in [0.25, 0.3) is 11.9 Å². The standard InChI is InChI=1S/C15H15N5O3.C2H4O2/c21-15(12-6-14(23-19-12)13-2-1-5-22-13)18-10-7-17-20(9-10)11-3-4-16-8-11;1-2(3)4/h1-2,5-7,9,11,16H,3-4,8H2,(H,18,21);1H3,(H,3,4). The molecule has 0 aliphatic carbocycles.